The molecule has 1 aliphatic rings. The van der Waals surface area contributed by atoms with Gasteiger partial charge in [0.25, 0.3) is 0 Å². The fraction of sp³-hybridized carbons (Fsp3) is 0.952. The van der Waals surface area contributed by atoms with Gasteiger partial charge in [-0.25, -0.2) is 0 Å². The van der Waals surface area contributed by atoms with E-state index in [1.165, 1.54) is 231 Å². The molecule has 0 spiro atoms. The molecule has 0 N–H and O–H groups in total. The monoisotopic (exact) mass is 617 g/mol. The fourth-order valence-electron chi connectivity index (χ4n) is 7.25. The molecule has 0 fully saturated rings. The molecule has 2 heteroatoms. The lowest BCUT2D eigenvalue weighted by Gasteiger charge is -2.33. The molecule has 0 amide bonds. The maximum absolute atomic E-state index is 2.72. The Balaban J connectivity index is 2.19. The maximum Gasteiger partial charge on any atom is 0.101 e. The van der Waals surface area contributed by atoms with Crippen molar-refractivity contribution in [1.82, 2.24) is 9.80 Å². The highest BCUT2D eigenvalue weighted by atomic mass is 15.4. The third-order valence-electron chi connectivity index (χ3n) is 10.3. The van der Waals surface area contributed by atoms with Crippen LogP contribution >= 0.6 is 0 Å². The molecule has 44 heavy (non-hydrogen) atoms. The maximum atomic E-state index is 2.72. The highest BCUT2D eigenvalue weighted by Crippen LogP contribution is 2.24. The summed E-state index contributed by atoms with van der Waals surface area (Å²) < 4.78 is 0. The first kappa shape index (κ1) is 41.4. The van der Waals surface area contributed by atoms with E-state index in [4.69, 9.17) is 0 Å². The van der Waals surface area contributed by atoms with E-state index in [0.29, 0.717) is 6.17 Å². The van der Waals surface area contributed by atoms with Crippen LogP contribution in [0.25, 0.3) is 0 Å². The lowest BCUT2D eigenvalue weighted by Crippen LogP contribution is -2.39. The molecule has 0 bridgehead atoms. The SMILES string of the molecule is CCCCCCCCCCCCCCCN1C=CN(CCCCCCCCCCCCCC)C1CCCCCCCCCC. The van der Waals surface area contributed by atoms with Crippen LogP contribution in [0.15, 0.2) is 12.4 Å². The van der Waals surface area contributed by atoms with Crippen molar-refractivity contribution >= 4 is 0 Å². The Labute approximate surface area is 280 Å². The number of hydrogen-bond donors (Lipinski definition) is 0. The van der Waals surface area contributed by atoms with E-state index in [1.54, 1.807) is 0 Å². The van der Waals surface area contributed by atoms with Crippen LogP contribution in [0.4, 0.5) is 0 Å². The Kier molecular flexibility index (Phi) is 31.7. The lowest BCUT2D eigenvalue weighted by atomic mass is 10.0. The van der Waals surface area contributed by atoms with Crippen LogP contribution in [0.2, 0.25) is 0 Å². The van der Waals surface area contributed by atoms with Crippen molar-refractivity contribution in [3.05, 3.63) is 12.4 Å². The molecular formula is C42H84N2. The third-order valence-corrected chi connectivity index (χ3v) is 10.3. The first-order valence-electron chi connectivity index (χ1n) is 21.0. The summed E-state index contributed by atoms with van der Waals surface area (Å²) in [6, 6.07) is 0. The van der Waals surface area contributed by atoms with Crippen LogP contribution in [0.5, 0.6) is 0 Å². The first-order chi connectivity index (χ1) is 21.8. The number of unbranched alkanes of at least 4 members (excludes halogenated alkanes) is 30. The minimum atomic E-state index is 0.639. The molecule has 1 heterocycles. The van der Waals surface area contributed by atoms with Crippen LogP contribution < -0.4 is 0 Å². The van der Waals surface area contributed by atoms with Crippen molar-refractivity contribution in [1.29, 1.82) is 0 Å². The van der Waals surface area contributed by atoms with Gasteiger partial charge in [-0.2, -0.15) is 0 Å². The molecule has 0 radical (unpaired) electrons. The smallest absolute Gasteiger partial charge is 0.101 e. The van der Waals surface area contributed by atoms with E-state index in [-0.39, 0.29) is 0 Å². The van der Waals surface area contributed by atoms with Gasteiger partial charge in [-0.1, -0.05) is 213 Å². The van der Waals surface area contributed by atoms with Gasteiger partial charge in [0.15, 0.2) is 0 Å². The van der Waals surface area contributed by atoms with E-state index in [2.05, 4.69) is 43.0 Å². The highest BCUT2D eigenvalue weighted by Gasteiger charge is 2.24. The first-order valence-corrected chi connectivity index (χ1v) is 21.0. The van der Waals surface area contributed by atoms with Crippen LogP contribution in [0.1, 0.15) is 239 Å². The molecule has 1 atom stereocenters. The summed E-state index contributed by atoms with van der Waals surface area (Å²) in [4.78, 5) is 5.44. The second-order valence-electron chi connectivity index (χ2n) is 14.6. The predicted molar refractivity (Wildman–Crippen MR) is 200 cm³/mol. The summed E-state index contributed by atoms with van der Waals surface area (Å²) in [5, 5.41) is 0. The van der Waals surface area contributed by atoms with E-state index >= 15 is 0 Å². The number of nitrogens with zero attached hydrogens (tertiary/aromatic N) is 2. The van der Waals surface area contributed by atoms with Gasteiger partial charge in [-0.3, -0.25) is 0 Å². The molecule has 1 rings (SSSR count). The molecule has 0 aromatic carbocycles. The second kappa shape index (κ2) is 33.7. The van der Waals surface area contributed by atoms with Gasteiger partial charge in [-0.15, -0.1) is 0 Å². The average molecular weight is 617 g/mol. The Morgan fingerprint density at radius 3 is 0.795 bits per heavy atom. The van der Waals surface area contributed by atoms with Gasteiger partial charge in [0.05, 0.1) is 0 Å². The van der Waals surface area contributed by atoms with Crippen molar-refractivity contribution < 1.29 is 0 Å². The van der Waals surface area contributed by atoms with E-state index in [9.17, 15) is 0 Å². The highest BCUT2D eigenvalue weighted by molar-refractivity contribution is 4.97. The molecule has 0 saturated heterocycles. The molecule has 0 aromatic rings. The molecule has 1 unspecified atom stereocenters. The summed E-state index contributed by atoms with van der Waals surface area (Å²) >= 11 is 0. The summed E-state index contributed by atoms with van der Waals surface area (Å²) in [6.07, 6.45) is 54.4. The topological polar surface area (TPSA) is 6.48 Å². The molecule has 0 aromatic heterocycles. The van der Waals surface area contributed by atoms with Gasteiger partial charge in [-0.05, 0) is 25.7 Å². The molecule has 1 aliphatic heterocycles. The predicted octanol–water partition coefficient (Wildman–Crippen LogP) is 14.7. The Morgan fingerprint density at radius 1 is 0.295 bits per heavy atom. The molecule has 0 aliphatic carbocycles. The molecular weight excluding hydrogens is 532 g/mol. The van der Waals surface area contributed by atoms with Crippen molar-refractivity contribution in [3.8, 4) is 0 Å². The van der Waals surface area contributed by atoms with E-state index < -0.39 is 0 Å². The van der Waals surface area contributed by atoms with Gasteiger partial charge in [0, 0.05) is 25.5 Å². The van der Waals surface area contributed by atoms with Crippen molar-refractivity contribution in [3.63, 3.8) is 0 Å². The lowest BCUT2D eigenvalue weighted by molar-refractivity contribution is 0.135. The van der Waals surface area contributed by atoms with Crippen LogP contribution in [-0.2, 0) is 0 Å². The van der Waals surface area contributed by atoms with E-state index in [0.717, 1.165) is 0 Å². The minimum absolute atomic E-state index is 0.639. The standard InChI is InChI=1S/C42H84N2/c1-4-7-10-13-16-19-21-23-25-27-30-33-36-39-44-41-40-43(42(44)37-34-31-28-18-15-12-9-6-3)38-35-32-29-26-24-22-20-17-14-11-8-5-2/h40-42H,4-39H2,1-3H3. The Bertz CT molecular complexity index is 572. The molecule has 2 nitrogen and oxygen atoms in total. The van der Waals surface area contributed by atoms with Crippen molar-refractivity contribution in [2.75, 3.05) is 13.1 Å². The fourth-order valence-corrected chi connectivity index (χ4v) is 7.25. The minimum Gasteiger partial charge on any atom is -0.356 e. The zero-order valence-electron chi connectivity index (χ0n) is 31.1. The zero-order chi connectivity index (χ0) is 31.6. The van der Waals surface area contributed by atoms with Crippen LogP contribution in [0.3, 0.4) is 0 Å². The second-order valence-corrected chi connectivity index (χ2v) is 14.6. The molecule has 0 saturated carbocycles. The number of hydrogen-bond acceptors (Lipinski definition) is 2. The molecule has 262 valence electrons. The largest absolute Gasteiger partial charge is 0.356 e. The summed E-state index contributed by atoms with van der Waals surface area (Å²) in [7, 11) is 0. The van der Waals surface area contributed by atoms with Crippen molar-refractivity contribution in [2.24, 2.45) is 0 Å². The quantitative estimate of drug-likeness (QED) is 0.0646. The van der Waals surface area contributed by atoms with Gasteiger partial charge in [0.1, 0.15) is 6.17 Å². The third kappa shape index (κ3) is 25.5. The van der Waals surface area contributed by atoms with Crippen LogP contribution in [-0.4, -0.2) is 29.1 Å². The van der Waals surface area contributed by atoms with Crippen LogP contribution in [0, 0.1) is 0 Å². The van der Waals surface area contributed by atoms with Gasteiger partial charge >= 0.3 is 0 Å². The summed E-state index contributed by atoms with van der Waals surface area (Å²) in [5.74, 6) is 0. The van der Waals surface area contributed by atoms with E-state index in [1.807, 2.05) is 0 Å². The zero-order valence-corrected chi connectivity index (χ0v) is 31.1. The normalized spacial score (nSPS) is 14.8. The average Bonchev–Trinajstić information content (AvgIpc) is 3.42. The summed E-state index contributed by atoms with van der Waals surface area (Å²) in [6.45, 7) is 9.49. The number of rotatable bonds is 36. The van der Waals surface area contributed by atoms with Gasteiger partial charge < -0.3 is 9.80 Å². The van der Waals surface area contributed by atoms with Crippen molar-refractivity contribution in [2.45, 2.75) is 245 Å². The van der Waals surface area contributed by atoms with Gasteiger partial charge in [0.2, 0.25) is 0 Å². The Hall–Kier alpha value is -0.660. The summed E-state index contributed by atoms with van der Waals surface area (Å²) in [5.41, 5.74) is 0. The Morgan fingerprint density at radius 2 is 0.523 bits per heavy atom.